The van der Waals surface area contributed by atoms with Crippen molar-refractivity contribution >= 4 is 27.0 Å². The van der Waals surface area contributed by atoms with Gasteiger partial charge in [0.2, 0.25) is 10.0 Å². The zero-order valence-electron chi connectivity index (χ0n) is 11.5. The van der Waals surface area contributed by atoms with Crippen LogP contribution < -0.4 is 10.5 Å². The molecule has 3 N–H and O–H groups in total. The summed E-state index contributed by atoms with van der Waals surface area (Å²) in [5, 5.41) is 1.94. The molecule has 0 bridgehead atoms. The van der Waals surface area contributed by atoms with Gasteiger partial charge in [-0.3, -0.25) is 0 Å². The maximum Gasteiger partial charge on any atom is 0.243 e. The van der Waals surface area contributed by atoms with Crippen molar-refractivity contribution in [2.24, 2.45) is 0 Å². The van der Waals surface area contributed by atoms with Gasteiger partial charge in [0.25, 0.3) is 0 Å². The summed E-state index contributed by atoms with van der Waals surface area (Å²) in [5.41, 5.74) is 6.75. The molecular formula is C14H18N2O2S2. The van der Waals surface area contributed by atoms with E-state index in [0.29, 0.717) is 12.0 Å². The summed E-state index contributed by atoms with van der Waals surface area (Å²) in [5.74, 6) is 0. The molecule has 6 heteroatoms. The number of hydrogen-bond acceptors (Lipinski definition) is 4. The summed E-state index contributed by atoms with van der Waals surface area (Å²) in [7, 11) is -3.63. The van der Waals surface area contributed by atoms with E-state index in [0.717, 1.165) is 4.88 Å². The summed E-state index contributed by atoms with van der Waals surface area (Å²) in [6.45, 7) is 3.70. The van der Waals surface area contributed by atoms with E-state index < -0.39 is 10.0 Å². The Hall–Kier alpha value is -1.37. The Labute approximate surface area is 123 Å². The second-order valence-corrected chi connectivity index (χ2v) is 7.22. The Morgan fingerprint density at radius 1 is 1.30 bits per heavy atom. The average Bonchev–Trinajstić information content (AvgIpc) is 2.89. The van der Waals surface area contributed by atoms with Crippen LogP contribution in [-0.2, 0) is 10.0 Å². The van der Waals surface area contributed by atoms with E-state index in [2.05, 4.69) is 4.72 Å². The second-order valence-electron chi connectivity index (χ2n) is 4.59. The third-order valence-corrected chi connectivity index (χ3v) is 5.78. The van der Waals surface area contributed by atoms with E-state index in [-0.39, 0.29) is 16.6 Å². The van der Waals surface area contributed by atoms with E-state index in [1.807, 2.05) is 24.4 Å². The number of sulfonamides is 1. The molecule has 1 aromatic carbocycles. The lowest BCUT2D eigenvalue weighted by molar-refractivity contribution is 0.553. The van der Waals surface area contributed by atoms with Gasteiger partial charge in [0.15, 0.2) is 0 Å². The third-order valence-electron chi connectivity index (χ3n) is 3.10. The first kappa shape index (κ1) is 15.0. The SMILES string of the molecule is CCC(NS(=O)(=O)c1c(C)cccc1N)c1cccs1. The van der Waals surface area contributed by atoms with Crippen molar-refractivity contribution < 1.29 is 8.42 Å². The first-order valence-electron chi connectivity index (χ1n) is 6.36. The van der Waals surface area contributed by atoms with Crippen molar-refractivity contribution in [1.82, 2.24) is 4.72 Å². The van der Waals surface area contributed by atoms with Crippen molar-refractivity contribution in [3.05, 3.63) is 46.2 Å². The fourth-order valence-electron chi connectivity index (χ4n) is 2.12. The Balaban J connectivity index is 2.36. The highest BCUT2D eigenvalue weighted by atomic mass is 32.2. The van der Waals surface area contributed by atoms with Crippen LogP contribution in [0.25, 0.3) is 0 Å². The number of anilines is 1. The molecule has 20 heavy (non-hydrogen) atoms. The molecule has 1 heterocycles. The van der Waals surface area contributed by atoms with Crippen LogP contribution in [0.4, 0.5) is 5.69 Å². The van der Waals surface area contributed by atoms with Crippen LogP contribution in [-0.4, -0.2) is 8.42 Å². The van der Waals surface area contributed by atoms with Gasteiger partial charge in [0.1, 0.15) is 4.90 Å². The van der Waals surface area contributed by atoms with E-state index >= 15 is 0 Å². The molecule has 2 aromatic rings. The number of nitrogens with one attached hydrogen (secondary N) is 1. The van der Waals surface area contributed by atoms with Crippen molar-refractivity contribution in [3.8, 4) is 0 Å². The zero-order valence-corrected chi connectivity index (χ0v) is 13.1. The van der Waals surface area contributed by atoms with Gasteiger partial charge in [-0.15, -0.1) is 11.3 Å². The maximum absolute atomic E-state index is 12.6. The van der Waals surface area contributed by atoms with Gasteiger partial charge < -0.3 is 5.73 Å². The minimum Gasteiger partial charge on any atom is -0.398 e. The molecule has 0 aliphatic rings. The smallest absolute Gasteiger partial charge is 0.243 e. The highest BCUT2D eigenvalue weighted by molar-refractivity contribution is 7.89. The summed E-state index contributed by atoms with van der Waals surface area (Å²) in [6, 6.07) is 8.73. The van der Waals surface area contributed by atoms with Gasteiger partial charge in [-0.2, -0.15) is 0 Å². The molecule has 0 saturated carbocycles. The molecule has 1 unspecified atom stereocenters. The van der Waals surface area contributed by atoms with Gasteiger partial charge in [-0.05, 0) is 36.4 Å². The topological polar surface area (TPSA) is 72.2 Å². The second kappa shape index (κ2) is 5.95. The molecule has 0 amide bonds. The van der Waals surface area contributed by atoms with Crippen molar-refractivity contribution in [2.75, 3.05) is 5.73 Å². The molecular weight excluding hydrogens is 292 g/mol. The van der Waals surface area contributed by atoms with Crippen molar-refractivity contribution in [1.29, 1.82) is 0 Å². The summed E-state index contributed by atoms with van der Waals surface area (Å²) < 4.78 is 27.8. The lowest BCUT2D eigenvalue weighted by Gasteiger charge is -2.17. The lowest BCUT2D eigenvalue weighted by Crippen LogP contribution is -2.29. The Morgan fingerprint density at radius 3 is 2.60 bits per heavy atom. The highest BCUT2D eigenvalue weighted by Gasteiger charge is 2.24. The van der Waals surface area contributed by atoms with E-state index in [4.69, 9.17) is 5.73 Å². The van der Waals surface area contributed by atoms with E-state index in [1.165, 1.54) is 0 Å². The first-order chi connectivity index (χ1) is 9.45. The molecule has 0 saturated heterocycles. The largest absolute Gasteiger partial charge is 0.398 e. The normalized spacial score (nSPS) is 13.3. The number of rotatable bonds is 5. The number of hydrogen-bond donors (Lipinski definition) is 2. The fraction of sp³-hybridized carbons (Fsp3) is 0.286. The van der Waals surface area contributed by atoms with Gasteiger partial charge in [0.05, 0.1) is 11.7 Å². The summed E-state index contributed by atoms with van der Waals surface area (Å²) in [6.07, 6.45) is 0.686. The molecule has 1 atom stereocenters. The molecule has 1 aromatic heterocycles. The van der Waals surface area contributed by atoms with E-state index in [9.17, 15) is 8.42 Å². The lowest BCUT2D eigenvalue weighted by atomic mass is 10.2. The molecule has 108 valence electrons. The molecule has 0 fully saturated rings. The predicted octanol–water partition coefficient (Wildman–Crippen LogP) is 3.07. The number of aryl methyl sites for hydroxylation is 1. The van der Waals surface area contributed by atoms with Crippen molar-refractivity contribution in [2.45, 2.75) is 31.2 Å². The maximum atomic E-state index is 12.6. The molecule has 4 nitrogen and oxygen atoms in total. The molecule has 0 spiro atoms. The van der Waals surface area contributed by atoms with Crippen LogP contribution >= 0.6 is 11.3 Å². The quantitative estimate of drug-likeness (QED) is 0.834. The van der Waals surface area contributed by atoms with E-state index in [1.54, 1.807) is 36.5 Å². The Kier molecular flexibility index (Phi) is 4.47. The van der Waals surface area contributed by atoms with Crippen LogP contribution in [0.2, 0.25) is 0 Å². The molecule has 0 aliphatic heterocycles. The van der Waals surface area contributed by atoms with Gasteiger partial charge in [0, 0.05) is 4.88 Å². The van der Waals surface area contributed by atoms with Gasteiger partial charge in [-0.25, -0.2) is 13.1 Å². The van der Waals surface area contributed by atoms with Crippen LogP contribution in [0.15, 0.2) is 40.6 Å². The monoisotopic (exact) mass is 310 g/mol. The highest BCUT2D eigenvalue weighted by Crippen LogP contribution is 2.27. The number of nitrogens with two attached hydrogens (primary N) is 1. The summed E-state index contributed by atoms with van der Waals surface area (Å²) >= 11 is 1.54. The predicted molar refractivity (Wildman–Crippen MR) is 83.3 cm³/mol. The van der Waals surface area contributed by atoms with Gasteiger partial charge in [-0.1, -0.05) is 25.1 Å². The average molecular weight is 310 g/mol. The number of benzene rings is 1. The zero-order chi connectivity index (χ0) is 14.8. The number of nitrogen functional groups attached to an aromatic ring is 1. The van der Waals surface area contributed by atoms with Crippen molar-refractivity contribution in [3.63, 3.8) is 0 Å². The van der Waals surface area contributed by atoms with Crippen LogP contribution in [0.1, 0.15) is 29.8 Å². The minimum atomic E-state index is -3.63. The third kappa shape index (κ3) is 3.03. The minimum absolute atomic E-state index is 0.176. The fourth-order valence-corrected chi connectivity index (χ4v) is 4.71. The van der Waals surface area contributed by atoms with Crippen LogP contribution in [0, 0.1) is 6.92 Å². The van der Waals surface area contributed by atoms with Gasteiger partial charge >= 0.3 is 0 Å². The first-order valence-corrected chi connectivity index (χ1v) is 8.72. The van der Waals surface area contributed by atoms with Crippen LogP contribution in [0.3, 0.4) is 0 Å². The summed E-state index contributed by atoms with van der Waals surface area (Å²) in [4.78, 5) is 1.18. The molecule has 0 radical (unpaired) electrons. The van der Waals surface area contributed by atoms with Crippen LogP contribution in [0.5, 0.6) is 0 Å². The Bertz CT molecular complexity index is 659. The molecule has 0 aliphatic carbocycles. The molecule has 2 rings (SSSR count). The number of thiophene rings is 1. The Morgan fingerprint density at radius 2 is 2.05 bits per heavy atom. The standard InChI is InChI=1S/C14H18N2O2S2/c1-3-12(13-8-5-9-19-13)16-20(17,18)14-10(2)6-4-7-11(14)15/h4-9,12,16H,3,15H2,1-2H3.